The van der Waals surface area contributed by atoms with Crippen LogP contribution >= 0.6 is 0 Å². The third-order valence-corrected chi connectivity index (χ3v) is 2.72. The van der Waals surface area contributed by atoms with Gasteiger partial charge in [-0.2, -0.15) is 0 Å². The number of H-pyrrole nitrogens is 1. The zero-order chi connectivity index (χ0) is 10.8. The van der Waals surface area contributed by atoms with Crippen LogP contribution in [0.3, 0.4) is 0 Å². The van der Waals surface area contributed by atoms with Gasteiger partial charge in [0, 0.05) is 13.1 Å². The fraction of sp³-hybridized carbons (Fsp3) is 0.700. The first kappa shape index (κ1) is 10.3. The minimum absolute atomic E-state index is 0.301. The number of nitrogens with one attached hydrogen (secondary N) is 1. The standard InChI is InChI=1S/C10H18N4O/c1-3-8-6-14(4-5-15-8)10-9(11)12-7(2)13-10/h8H,3-6,11H2,1-2H3,(H,12,13). The van der Waals surface area contributed by atoms with E-state index in [1.165, 1.54) is 0 Å². The maximum atomic E-state index is 5.86. The van der Waals surface area contributed by atoms with Crippen molar-refractivity contribution < 1.29 is 4.74 Å². The average Bonchev–Trinajstić information content (AvgIpc) is 2.58. The number of hydrogen-bond donors (Lipinski definition) is 2. The topological polar surface area (TPSA) is 67.2 Å². The van der Waals surface area contributed by atoms with Crippen LogP contribution in [0.1, 0.15) is 19.2 Å². The van der Waals surface area contributed by atoms with E-state index < -0.39 is 0 Å². The molecule has 5 heteroatoms. The minimum atomic E-state index is 0.301. The Hall–Kier alpha value is -1.23. The quantitative estimate of drug-likeness (QED) is 0.761. The number of aryl methyl sites for hydroxylation is 1. The molecule has 15 heavy (non-hydrogen) atoms. The van der Waals surface area contributed by atoms with Crippen molar-refractivity contribution in [3.05, 3.63) is 5.82 Å². The molecule has 1 aromatic rings. The molecule has 0 aliphatic carbocycles. The van der Waals surface area contributed by atoms with E-state index in [9.17, 15) is 0 Å². The molecule has 0 aromatic carbocycles. The molecule has 84 valence electrons. The van der Waals surface area contributed by atoms with Gasteiger partial charge in [-0.05, 0) is 13.3 Å². The second-order valence-electron chi connectivity index (χ2n) is 3.91. The zero-order valence-electron chi connectivity index (χ0n) is 9.29. The highest BCUT2D eigenvalue weighted by Gasteiger charge is 2.22. The van der Waals surface area contributed by atoms with Crippen LogP contribution in [0.2, 0.25) is 0 Å². The van der Waals surface area contributed by atoms with Gasteiger partial charge in [0.2, 0.25) is 0 Å². The average molecular weight is 210 g/mol. The Balaban J connectivity index is 2.13. The number of aromatic nitrogens is 2. The number of ether oxygens (including phenoxy) is 1. The van der Waals surface area contributed by atoms with Crippen molar-refractivity contribution in [3.63, 3.8) is 0 Å². The van der Waals surface area contributed by atoms with Crippen molar-refractivity contribution in [2.24, 2.45) is 0 Å². The fourth-order valence-corrected chi connectivity index (χ4v) is 1.90. The molecule has 1 unspecified atom stereocenters. The molecule has 1 atom stereocenters. The first-order chi connectivity index (χ1) is 7.20. The maximum Gasteiger partial charge on any atom is 0.171 e. The van der Waals surface area contributed by atoms with Crippen molar-refractivity contribution in [1.82, 2.24) is 9.97 Å². The molecule has 0 amide bonds. The van der Waals surface area contributed by atoms with Crippen molar-refractivity contribution >= 4 is 11.6 Å². The van der Waals surface area contributed by atoms with Crippen LogP contribution in [0.4, 0.5) is 11.6 Å². The number of morpholine rings is 1. The molecule has 0 bridgehead atoms. The summed E-state index contributed by atoms with van der Waals surface area (Å²) in [6, 6.07) is 0. The number of imidazole rings is 1. The number of hydrogen-bond acceptors (Lipinski definition) is 4. The van der Waals surface area contributed by atoms with Gasteiger partial charge in [-0.3, -0.25) is 0 Å². The summed E-state index contributed by atoms with van der Waals surface area (Å²) < 4.78 is 5.61. The van der Waals surface area contributed by atoms with Crippen LogP contribution in [-0.2, 0) is 4.74 Å². The van der Waals surface area contributed by atoms with Gasteiger partial charge in [0.15, 0.2) is 5.82 Å². The van der Waals surface area contributed by atoms with Crippen molar-refractivity contribution in [1.29, 1.82) is 0 Å². The molecule has 3 N–H and O–H groups in total. The van der Waals surface area contributed by atoms with E-state index in [1.54, 1.807) is 0 Å². The molecule has 2 heterocycles. The predicted octanol–water partition coefficient (Wildman–Crippen LogP) is 0.916. The Bertz CT molecular complexity index is 336. The predicted molar refractivity (Wildman–Crippen MR) is 60.0 cm³/mol. The monoisotopic (exact) mass is 210 g/mol. The van der Waals surface area contributed by atoms with Crippen molar-refractivity contribution in [2.45, 2.75) is 26.4 Å². The highest BCUT2D eigenvalue weighted by molar-refractivity contribution is 5.59. The van der Waals surface area contributed by atoms with Crippen molar-refractivity contribution in [2.75, 3.05) is 30.3 Å². The summed E-state index contributed by atoms with van der Waals surface area (Å²) in [5.74, 6) is 2.39. The van der Waals surface area contributed by atoms with Gasteiger partial charge >= 0.3 is 0 Å². The molecular weight excluding hydrogens is 192 g/mol. The summed E-state index contributed by atoms with van der Waals surface area (Å²) in [6.45, 7) is 6.55. The minimum Gasteiger partial charge on any atom is -0.382 e. The van der Waals surface area contributed by atoms with Crippen LogP contribution in [-0.4, -0.2) is 35.8 Å². The number of nitrogen functional groups attached to an aromatic ring is 1. The highest BCUT2D eigenvalue weighted by atomic mass is 16.5. The summed E-state index contributed by atoms with van der Waals surface area (Å²) in [5.41, 5.74) is 5.86. The molecule has 1 fully saturated rings. The third kappa shape index (κ3) is 2.07. The molecule has 0 saturated carbocycles. The van der Waals surface area contributed by atoms with E-state index in [0.717, 1.165) is 37.8 Å². The molecule has 1 aromatic heterocycles. The van der Waals surface area contributed by atoms with E-state index in [4.69, 9.17) is 10.5 Å². The zero-order valence-corrected chi connectivity index (χ0v) is 9.29. The van der Waals surface area contributed by atoms with Crippen LogP contribution in [0.25, 0.3) is 0 Å². The first-order valence-electron chi connectivity index (χ1n) is 5.39. The third-order valence-electron chi connectivity index (χ3n) is 2.72. The van der Waals surface area contributed by atoms with E-state index in [-0.39, 0.29) is 0 Å². The lowest BCUT2D eigenvalue weighted by Gasteiger charge is -2.32. The molecule has 1 aliphatic rings. The van der Waals surface area contributed by atoms with Crippen LogP contribution in [0, 0.1) is 6.92 Å². The molecule has 5 nitrogen and oxygen atoms in total. The Labute approximate surface area is 89.6 Å². The van der Waals surface area contributed by atoms with Gasteiger partial charge in [-0.1, -0.05) is 6.92 Å². The van der Waals surface area contributed by atoms with Crippen LogP contribution in [0.15, 0.2) is 0 Å². The van der Waals surface area contributed by atoms with Crippen LogP contribution in [0.5, 0.6) is 0 Å². The lowest BCUT2D eigenvalue weighted by atomic mass is 10.2. The number of nitrogens with zero attached hydrogens (tertiary/aromatic N) is 2. The Morgan fingerprint density at radius 1 is 1.67 bits per heavy atom. The second-order valence-corrected chi connectivity index (χ2v) is 3.91. The summed E-state index contributed by atoms with van der Waals surface area (Å²) in [7, 11) is 0. The lowest BCUT2D eigenvalue weighted by Crippen LogP contribution is -2.42. The van der Waals surface area contributed by atoms with E-state index in [2.05, 4.69) is 21.8 Å². The molecular formula is C10H18N4O. The molecule has 1 saturated heterocycles. The molecule has 1 aliphatic heterocycles. The smallest absolute Gasteiger partial charge is 0.171 e. The number of rotatable bonds is 2. The summed E-state index contributed by atoms with van der Waals surface area (Å²) in [4.78, 5) is 9.61. The van der Waals surface area contributed by atoms with Gasteiger partial charge in [-0.15, -0.1) is 0 Å². The SMILES string of the molecule is CCC1CN(c2nc(C)[nH]c2N)CCO1. The van der Waals surface area contributed by atoms with E-state index in [0.29, 0.717) is 11.9 Å². The van der Waals surface area contributed by atoms with Gasteiger partial charge in [0.05, 0.1) is 12.7 Å². The van der Waals surface area contributed by atoms with Gasteiger partial charge < -0.3 is 20.4 Å². The van der Waals surface area contributed by atoms with Gasteiger partial charge in [-0.25, -0.2) is 4.98 Å². The number of aromatic amines is 1. The Kier molecular flexibility index (Phi) is 2.81. The molecule has 2 rings (SSSR count). The fourth-order valence-electron chi connectivity index (χ4n) is 1.90. The highest BCUT2D eigenvalue weighted by Crippen LogP contribution is 2.22. The molecule has 0 spiro atoms. The van der Waals surface area contributed by atoms with E-state index in [1.807, 2.05) is 6.92 Å². The Morgan fingerprint density at radius 3 is 3.07 bits per heavy atom. The lowest BCUT2D eigenvalue weighted by molar-refractivity contribution is 0.0382. The number of nitrogens with two attached hydrogens (primary N) is 1. The summed E-state index contributed by atoms with van der Waals surface area (Å²) in [5, 5.41) is 0. The van der Waals surface area contributed by atoms with Gasteiger partial charge in [0.1, 0.15) is 11.6 Å². The molecule has 0 radical (unpaired) electrons. The summed E-state index contributed by atoms with van der Waals surface area (Å²) >= 11 is 0. The first-order valence-corrected chi connectivity index (χ1v) is 5.39. The van der Waals surface area contributed by atoms with Crippen LogP contribution < -0.4 is 10.6 Å². The maximum absolute atomic E-state index is 5.86. The van der Waals surface area contributed by atoms with E-state index >= 15 is 0 Å². The van der Waals surface area contributed by atoms with Gasteiger partial charge in [0.25, 0.3) is 0 Å². The normalized spacial score (nSPS) is 22.0. The Morgan fingerprint density at radius 2 is 2.47 bits per heavy atom. The summed E-state index contributed by atoms with van der Waals surface area (Å²) in [6.07, 6.45) is 1.33. The second kappa shape index (κ2) is 4.10. The van der Waals surface area contributed by atoms with Crippen molar-refractivity contribution in [3.8, 4) is 0 Å². The number of anilines is 2. The largest absolute Gasteiger partial charge is 0.382 e.